The predicted octanol–water partition coefficient (Wildman–Crippen LogP) is 0.656. The fourth-order valence-corrected chi connectivity index (χ4v) is 1.93. The summed E-state index contributed by atoms with van der Waals surface area (Å²) in [5.74, 6) is 0.277. The number of carbonyl (C=O) groups is 1. The van der Waals surface area contributed by atoms with Crippen LogP contribution in [0.3, 0.4) is 0 Å². The molecule has 0 saturated carbocycles. The van der Waals surface area contributed by atoms with Gasteiger partial charge in [-0.2, -0.15) is 5.10 Å². The number of H-pyrrole nitrogens is 1. The third-order valence-corrected chi connectivity index (χ3v) is 3.02. The molecule has 3 aromatic rings. The molecule has 0 spiro atoms. The number of hydrogen-bond donors (Lipinski definition) is 2. The number of rotatable bonds is 5. The molecule has 8 nitrogen and oxygen atoms in total. The highest BCUT2D eigenvalue weighted by Gasteiger charge is 2.12. The van der Waals surface area contributed by atoms with E-state index in [-0.39, 0.29) is 17.3 Å². The van der Waals surface area contributed by atoms with Crippen molar-refractivity contribution >= 4 is 5.91 Å². The Bertz CT molecular complexity index is 819. The molecule has 3 rings (SSSR count). The lowest BCUT2D eigenvalue weighted by Crippen LogP contribution is -2.31. The minimum absolute atomic E-state index is 0.255. The summed E-state index contributed by atoms with van der Waals surface area (Å²) >= 11 is 0. The maximum absolute atomic E-state index is 12.0. The summed E-state index contributed by atoms with van der Waals surface area (Å²) in [6, 6.07) is 6.78. The molecule has 0 radical (unpaired) electrons. The van der Waals surface area contributed by atoms with Gasteiger partial charge in [0.2, 0.25) is 0 Å². The average Bonchev–Trinajstić information content (AvgIpc) is 3.20. The SMILES string of the molecule is O=C(NCCn1cccnc1=O)c1cc(-c2ccco2)[nH]n1. The molecule has 22 heavy (non-hydrogen) atoms. The number of amides is 1. The average molecular weight is 299 g/mol. The summed E-state index contributed by atoms with van der Waals surface area (Å²) in [6.45, 7) is 0.640. The Morgan fingerprint density at radius 2 is 2.32 bits per heavy atom. The standard InChI is InChI=1S/C14H13N5O3/c20-13(15-5-7-19-6-2-4-16-14(19)21)11-9-10(17-18-11)12-3-1-8-22-12/h1-4,6,8-9H,5,7H2,(H,15,20)(H,17,18). The van der Waals surface area contributed by atoms with Crippen LogP contribution in [0.1, 0.15) is 10.5 Å². The fraction of sp³-hybridized carbons (Fsp3) is 0.143. The molecule has 0 bridgehead atoms. The molecule has 3 aromatic heterocycles. The largest absolute Gasteiger partial charge is 0.463 e. The smallest absolute Gasteiger partial charge is 0.347 e. The van der Waals surface area contributed by atoms with E-state index in [9.17, 15) is 9.59 Å². The van der Waals surface area contributed by atoms with E-state index in [0.717, 1.165) is 0 Å². The Hall–Kier alpha value is -3.16. The van der Waals surface area contributed by atoms with Crippen LogP contribution >= 0.6 is 0 Å². The summed E-state index contributed by atoms with van der Waals surface area (Å²) in [5.41, 5.74) is 0.528. The zero-order chi connectivity index (χ0) is 15.4. The molecule has 0 aromatic carbocycles. The maximum Gasteiger partial charge on any atom is 0.347 e. The number of furan rings is 1. The quantitative estimate of drug-likeness (QED) is 0.719. The lowest BCUT2D eigenvalue weighted by molar-refractivity contribution is 0.0947. The molecule has 0 atom stereocenters. The van der Waals surface area contributed by atoms with Gasteiger partial charge < -0.3 is 9.73 Å². The Balaban J connectivity index is 1.59. The highest BCUT2D eigenvalue weighted by Crippen LogP contribution is 2.17. The van der Waals surface area contributed by atoms with Crippen LogP contribution in [0.4, 0.5) is 0 Å². The summed E-state index contributed by atoms with van der Waals surface area (Å²) in [7, 11) is 0. The van der Waals surface area contributed by atoms with Gasteiger partial charge in [-0.3, -0.25) is 14.5 Å². The molecule has 0 saturated heterocycles. The Morgan fingerprint density at radius 3 is 3.09 bits per heavy atom. The molecule has 1 amide bonds. The molecule has 0 aliphatic carbocycles. The van der Waals surface area contributed by atoms with Crippen molar-refractivity contribution in [2.24, 2.45) is 0 Å². The van der Waals surface area contributed by atoms with Gasteiger partial charge in [-0.05, 0) is 18.2 Å². The number of aromatic amines is 1. The molecule has 8 heteroatoms. The first-order valence-electron chi connectivity index (χ1n) is 6.63. The first-order valence-corrected chi connectivity index (χ1v) is 6.63. The maximum atomic E-state index is 12.0. The summed E-state index contributed by atoms with van der Waals surface area (Å²) in [4.78, 5) is 27.0. The van der Waals surface area contributed by atoms with Crippen LogP contribution in [-0.2, 0) is 6.54 Å². The van der Waals surface area contributed by atoms with Gasteiger partial charge in [0.25, 0.3) is 5.91 Å². The predicted molar refractivity (Wildman–Crippen MR) is 77.1 cm³/mol. The summed E-state index contributed by atoms with van der Waals surface area (Å²) < 4.78 is 6.63. The van der Waals surface area contributed by atoms with Gasteiger partial charge in [0.1, 0.15) is 5.69 Å². The Morgan fingerprint density at radius 1 is 1.41 bits per heavy atom. The van der Waals surface area contributed by atoms with Crippen LogP contribution in [0, 0.1) is 0 Å². The van der Waals surface area contributed by atoms with Gasteiger partial charge in [0.15, 0.2) is 11.5 Å². The lowest BCUT2D eigenvalue weighted by Gasteiger charge is -2.05. The molecule has 112 valence electrons. The molecule has 0 fully saturated rings. The van der Waals surface area contributed by atoms with Crippen molar-refractivity contribution in [3.05, 3.63) is 59.1 Å². The second kappa shape index (κ2) is 6.08. The van der Waals surface area contributed by atoms with Crippen LogP contribution in [0.25, 0.3) is 11.5 Å². The first kappa shape index (κ1) is 13.8. The van der Waals surface area contributed by atoms with E-state index < -0.39 is 0 Å². The number of carbonyl (C=O) groups excluding carboxylic acids is 1. The van der Waals surface area contributed by atoms with Crippen molar-refractivity contribution in [1.29, 1.82) is 0 Å². The second-order valence-electron chi connectivity index (χ2n) is 4.50. The zero-order valence-corrected chi connectivity index (χ0v) is 11.5. The van der Waals surface area contributed by atoms with E-state index in [1.807, 2.05) is 0 Å². The number of nitrogens with one attached hydrogen (secondary N) is 2. The van der Waals surface area contributed by atoms with E-state index in [1.54, 1.807) is 36.7 Å². The molecule has 3 heterocycles. The van der Waals surface area contributed by atoms with Crippen LogP contribution in [-0.4, -0.2) is 32.2 Å². The molecule has 0 aliphatic heterocycles. The molecule has 2 N–H and O–H groups in total. The molecular formula is C14H13N5O3. The van der Waals surface area contributed by atoms with Crippen molar-refractivity contribution in [3.63, 3.8) is 0 Å². The van der Waals surface area contributed by atoms with Crippen LogP contribution in [0.15, 0.2) is 52.1 Å². The highest BCUT2D eigenvalue weighted by molar-refractivity contribution is 5.93. The minimum atomic E-state index is -0.350. The molecule has 0 aliphatic rings. The Labute approximate surface area is 124 Å². The highest BCUT2D eigenvalue weighted by atomic mass is 16.3. The van der Waals surface area contributed by atoms with Crippen molar-refractivity contribution in [3.8, 4) is 11.5 Å². The van der Waals surface area contributed by atoms with Crippen molar-refractivity contribution in [2.45, 2.75) is 6.54 Å². The summed E-state index contributed by atoms with van der Waals surface area (Å²) in [5, 5.41) is 9.37. The fourth-order valence-electron chi connectivity index (χ4n) is 1.93. The van der Waals surface area contributed by atoms with Gasteiger partial charge >= 0.3 is 5.69 Å². The normalized spacial score (nSPS) is 10.5. The summed E-state index contributed by atoms with van der Waals surface area (Å²) in [6.07, 6.45) is 4.59. The third-order valence-electron chi connectivity index (χ3n) is 3.02. The van der Waals surface area contributed by atoms with Gasteiger partial charge in [-0.1, -0.05) is 0 Å². The second-order valence-corrected chi connectivity index (χ2v) is 4.50. The van der Waals surface area contributed by atoms with Crippen LogP contribution < -0.4 is 11.0 Å². The zero-order valence-electron chi connectivity index (χ0n) is 11.5. The van der Waals surface area contributed by atoms with Gasteiger partial charge in [-0.15, -0.1) is 0 Å². The van der Waals surface area contributed by atoms with E-state index in [0.29, 0.717) is 24.5 Å². The van der Waals surface area contributed by atoms with E-state index in [2.05, 4.69) is 20.5 Å². The lowest BCUT2D eigenvalue weighted by atomic mass is 10.3. The third kappa shape index (κ3) is 2.95. The van der Waals surface area contributed by atoms with Crippen LogP contribution in [0.5, 0.6) is 0 Å². The first-order chi connectivity index (χ1) is 10.7. The monoisotopic (exact) mass is 299 g/mol. The van der Waals surface area contributed by atoms with Crippen molar-refractivity contribution in [2.75, 3.05) is 6.54 Å². The molecular weight excluding hydrogens is 286 g/mol. The number of hydrogen-bond acceptors (Lipinski definition) is 5. The van der Waals surface area contributed by atoms with Crippen molar-refractivity contribution in [1.82, 2.24) is 25.1 Å². The van der Waals surface area contributed by atoms with E-state index in [1.165, 1.54) is 10.8 Å². The Kier molecular flexibility index (Phi) is 3.82. The minimum Gasteiger partial charge on any atom is -0.463 e. The van der Waals surface area contributed by atoms with E-state index >= 15 is 0 Å². The number of aromatic nitrogens is 4. The van der Waals surface area contributed by atoms with Gasteiger partial charge in [0, 0.05) is 31.5 Å². The molecule has 0 unspecified atom stereocenters. The van der Waals surface area contributed by atoms with Gasteiger partial charge in [0.05, 0.1) is 6.26 Å². The number of nitrogens with zero attached hydrogens (tertiary/aromatic N) is 3. The van der Waals surface area contributed by atoms with E-state index in [4.69, 9.17) is 4.42 Å². The van der Waals surface area contributed by atoms with Crippen LogP contribution in [0.2, 0.25) is 0 Å². The topological polar surface area (TPSA) is 106 Å². The van der Waals surface area contributed by atoms with Gasteiger partial charge in [-0.25, -0.2) is 9.78 Å². The van der Waals surface area contributed by atoms with Crippen molar-refractivity contribution < 1.29 is 9.21 Å².